The number of carbonyl (C=O) groups is 3. The molecule has 1 aliphatic rings. The lowest BCUT2D eigenvalue weighted by molar-refractivity contribution is -0.145. The average Bonchev–Trinajstić information content (AvgIpc) is 3.17. The molecule has 5 nitrogen and oxygen atoms in total. The van der Waals surface area contributed by atoms with Crippen molar-refractivity contribution in [2.75, 3.05) is 13.2 Å². The molecule has 2 amide bonds. The number of imide groups is 1. The van der Waals surface area contributed by atoms with Gasteiger partial charge in [0.1, 0.15) is 6.54 Å². The average molecular weight is 440 g/mol. The lowest BCUT2D eigenvalue weighted by Crippen LogP contribution is -2.34. The first-order valence-corrected chi connectivity index (χ1v) is 10.7. The van der Waals surface area contributed by atoms with Gasteiger partial charge in [0.2, 0.25) is 0 Å². The minimum Gasteiger partial charge on any atom is -0.465 e. The van der Waals surface area contributed by atoms with Crippen molar-refractivity contribution >= 4 is 69.7 Å². The Balaban J connectivity index is 1.69. The number of amides is 2. The second-order valence-electron chi connectivity index (χ2n) is 5.29. The number of carbonyl (C=O) groups excluding carboxylic acids is 3. The fourth-order valence-corrected chi connectivity index (χ4v) is 5.28. The lowest BCUT2D eigenvalue weighted by atomic mass is 10.3. The predicted molar refractivity (Wildman–Crippen MR) is 109 cm³/mol. The Kier molecular flexibility index (Phi) is 6.64. The van der Waals surface area contributed by atoms with Crippen molar-refractivity contribution in [1.82, 2.24) is 4.90 Å². The summed E-state index contributed by atoms with van der Waals surface area (Å²) in [6.45, 7) is 1.51. The molecule has 0 N–H and O–H groups in total. The SMILES string of the molecule is CCOC(=O)CN1C(=O)S/C(=C\c2ccc(Sc3ccc(Cl)cc3)s2)C1=O. The van der Waals surface area contributed by atoms with Crippen LogP contribution in [0.15, 0.2) is 50.4 Å². The van der Waals surface area contributed by atoms with Gasteiger partial charge in [-0.3, -0.25) is 19.3 Å². The zero-order valence-electron chi connectivity index (χ0n) is 14.1. The molecule has 3 rings (SSSR count). The van der Waals surface area contributed by atoms with E-state index in [0.717, 1.165) is 30.6 Å². The predicted octanol–water partition coefficient (Wildman–Crippen LogP) is 5.15. The summed E-state index contributed by atoms with van der Waals surface area (Å²) >= 11 is 9.82. The molecule has 1 aliphatic heterocycles. The Hall–Kier alpha value is -1.74. The van der Waals surface area contributed by atoms with Crippen molar-refractivity contribution < 1.29 is 19.1 Å². The second-order valence-corrected chi connectivity index (χ2v) is 9.20. The molecule has 0 unspecified atom stereocenters. The van der Waals surface area contributed by atoms with Crippen LogP contribution in [-0.2, 0) is 14.3 Å². The molecule has 9 heteroatoms. The van der Waals surface area contributed by atoms with Gasteiger partial charge in [0.05, 0.1) is 15.7 Å². The van der Waals surface area contributed by atoms with E-state index >= 15 is 0 Å². The topological polar surface area (TPSA) is 63.7 Å². The van der Waals surface area contributed by atoms with Gasteiger partial charge in [-0.2, -0.15) is 0 Å². The summed E-state index contributed by atoms with van der Waals surface area (Å²) in [6.07, 6.45) is 1.67. The molecule has 0 atom stereocenters. The van der Waals surface area contributed by atoms with Crippen LogP contribution < -0.4 is 0 Å². The molecule has 0 saturated carbocycles. The number of thioether (sulfide) groups is 1. The normalized spacial score (nSPS) is 15.6. The smallest absolute Gasteiger partial charge is 0.326 e. The van der Waals surface area contributed by atoms with Crippen molar-refractivity contribution in [1.29, 1.82) is 0 Å². The molecule has 0 bridgehead atoms. The van der Waals surface area contributed by atoms with Gasteiger partial charge in [-0.25, -0.2) is 0 Å². The molecule has 0 spiro atoms. The van der Waals surface area contributed by atoms with Crippen LogP contribution in [0.25, 0.3) is 6.08 Å². The second kappa shape index (κ2) is 8.97. The molecular formula is C18H14ClNO4S3. The maximum Gasteiger partial charge on any atom is 0.326 e. The van der Waals surface area contributed by atoms with Gasteiger partial charge in [0, 0.05) is 14.8 Å². The Labute approximate surface area is 173 Å². The van der Waals surface area contributed by atoms with Gasteiger partial charge in [-0.05, 0) is 61.2 Å². The first-order chi connectivity index (χ1) is 13.0. The summed E-state index contributed by atoms with van der Waals surface area (Å²) in [5, 5.41) is 0.219. The summed E-state index contributed by atoms with van der Waals surface area (Å²) in [7, 11) is 0. The fraction of sp³-hybridized carbons (Fsp3) is 0.167. The zero-order chi connectivity index (χ0) is 19.4. The number of halogens is 1. The molecule has 1 fully saturated rings. The minimum atomic E-state index is -0.598. The largest absolute Gasteiger partial charge is 0.465 e. The number of ether oxygens (including phenoxy) is 1. The van der Waals surface area contributed by atoms with Crippen LogP contribution in [0.1, 0.15) is 11.8 Å². The van der Waals surface area contributed by atoms with Gasteiger partial charge in [0.25, 0.3) is 11.1 Å². The molecule has 27 heavy (non-hydrogen) atoms. The highest BCUT2D eigenvalue weighted by Gasteiger charge is 2.36. The van der Waals surface area contributed by atoms with Crippen LogP contribution in [0.3, 0.4) is 0 Å². The molecule has 0 radical (unpaired) electrons. The van der Waals surface area contributed by atoms with Gasteiger partial charge >= 0.3 is 5.97 Å². The third-order valence-corrected chi connectivity index (χ3v) is 6.71. The summed E-state index contributed by atoms with van der Waals surface area (Å²) in [6, 6.07) is 11.4. The zero-order valence-corrected chi connectivity index (χ0v) is 17.3. The highest BCUT2D eigenvalue weighted by molar-refractivity contribution is 8.18. The summed E-state index contributed by atoms with van der Waals surface area (Å²) in [5.74, 6) is -1.07. The number of hydrogen-bond acceptors (Lipinski definition) is 7. The number of esters is 1. The monoisotopic (exact) mass is 439 g/mol. The van der Waals surface area contributed by atoms with E-state index in [1.165, 1.54) is 11.3 Å². The van der Waals surface area contributed by atoms with Crippen LogP contribution in [0.5, 0.6) is 0 Å². The molecular weight excluding hydrogens is 426 g/mol. The van der Waals surface area contributed by atoms with E-state index in [-0.39, 0.29) is 13.2 Å². The summed E-state index contributed by atoms with van der Waals surface area (Å²) in [5.41, 5.74) is 0. The lowest BCUT2D eigenvalue weighted by Gasteiger charge is -2.10. The highest BCUT2D eigenvalue weighted by Crippen LogP contribution is 2.37. The van der Waals surface area contributed by atoms with Gasteiger partial charge < -0.3 is 4.74 Å². The molecule has 0 aliphatic carbocycles. The standard InChI is InChI=1S/C18H14ClNO4S3/c1-2-24-15(21)10-20-17(22)14(27-18(20)23)9-13-7-8-16(26-13)25-12-5-3-11(19)4-6-12/h3-9H,2,10H2,1H3/b14-9-. The quantitative estimate of drug-likeness (QED) is 0.458. The number of nitrogens with zero attached hydrogens (tertiary/aromatic N) is 1. The molecule has 1 aromatic carbocycles. The van der Waals surface area contributed by atoms with E-state index in [1.54, 1.807) is 24.8 Å². The van der Waals surface area contributed by atoms with Gasteiger partial charge in [-0.15, -0.1) is 11.3 Å². The third kappa shape index (κ3) is 5.16. The van der Waals surface area contributed by atoms with Crippen LogP contribution in [-0.4, -0.2) is 35.2 Å². The summed E-state index contributed by atoms with van der Waals surface area (Å²) in [4.78, 5) is 39.1. The molecule has 140 valence electrons. The number of benzene rings is 1. The van der Waals surface area contributed by atoms with E-state index < -0.39 is 17.1 Å². The first kappa shape index (κ1) is 20.0. The molecule has 2 aromatic rings. The highest BCUT2D eigenvalue weighted by atomic mass is 35.5. The Bertz CT molecular complexity index is 908. The number of hydrogen-bond donors (Lipinski definition) is 0. The third-order valence-electron chi connectivity index (χ3n) is 3.37. The number of thiophene rings is 1. The minimum absolute atomic E-state index is 0.203. The van der Waals surface area contributed by atoms with Gasteiger partial charge in [0.15, 0.2) is 0 Å². The van der Waals surface area contributed by atoms with E-state index in [4.69, 9.17) is 16.3 Å². The fourth-order valence-electron chi connectivity index (χ4n) is 2.19. The van der Waals surface area contributed by atoms with Crippen molar-refractivity contribution in [3.05, 3.63) is 51.2 Å². The van der Waals surface area contributed by atoms with Crippen molar-refractivity contribution in [3.63, 3.8) is 0 Å². The molecule has 2 heterocycles. The van der Waals surface area contributed by atoms with Crippen LogP contribution in [0.4, 0.5) is 4.79 Å². The van der Waals surface area contributed by atoms with Crippen molar-refractivity contribution in [3.8, 4) is 0 Å². The Morgan fingerprint density at radius 2 is 1.96 bits per heavy atom. The van der Waals surface area contributed by atoms with E-state index in [9.17, 15) is 14.4 Å². The van der Waals surface area contributed by atoms with Crippen LogP contribution >= 0.6 is 46.5 Å². The Morgan fingerprint density at radius 1 is 1.22 bits per heavy atom. The maximum absolute atomic E-state index is 12.4. The Morgan fingerprint density at radius 3 is 2.67 bits per heavy atom. The van der Waals surface area contributed by atoms with E-state index in [1.807, 2.05) is 36.4 Å². The van der Waals surface area contributed by atoms with Crippen LogP contribution in [0.2, 0.25) is 5.02 Å². The molecule has 1 saturated heterocycles. The van der Waals surface area contributed by atoms with Crippen molar-refractivity contribution in [2.24, 2.45) is 0 Å². The number of rotatable bonds is 6. The van der Waals surface area contributed by atoms with Gasteiger partial charge in [-0.1, -0.05) is 23.4 Å². The van der Waals surface area contributed by atoms with E-state index in [2.05, 4.69) is 0 Å². The maximum atomic E-state index is 12.4. The van der Waals surface area contributed by atoms with Crippen LogP contribution in [0, 0.1) is 0 Å². The first-order valence-electron chi connectivity index (χ1n) is 7.90. The van der Waals surface area contributed by atoms with Crippen molar-refractivity contribution in [2.45, 2.75) is 16.0 Å². The summed E-state index contributed by atoms with van der Waals surface area (Å²) < 4.78 is 5.85. The van der Waals surface area contributed by atoms with E-state index in [0.29, 0.717) is 9.93 Å². The molecule has 1 aromatic heterocycles.